The Bertz CT molecular complexity index is 963. The number of hydrogen-bond donors (Lipinski definition) is 1. The van der Waals surface area contributed by atoms with Crippen LogP contribution in [0.5, 0.6) is 5.75 Å². The molecule has 0 radical (unpaired) electrons. The number of rotatable bonds is 8. The second kappa shape index (κ2) is 11.0. The summed E-state index contributed by atoms with van der Waals surface area (Å²) in [5.41, 5.74) is 1.83. The molecule has 1 N–H and O–H groups in total. The lowest BCUT2D eigenvalue weighted by molar-refractivity contribution is -0.120. The van der Waals surface area contributed by atoms with Crippen molar-refractivity contribution in [2.45, 2.75) is 32.7 Å². The van der Waals surface area contributed by atoms with Gasteiger partial charge >= 0.3 is 0 Å². The smallest absolute Gasteiger partial charge is 0.227 e. The van der Waals surface area contributed by atoms with E-state index < -0.39 is 6.04 Å². The number of para-hydroxylation sites is 1. The van der Waals surface area contributed by atoms with Crippen LogP contribution in [0.1, 0.15) is 38.3 Å². The van der Waals surface area contributed by atoms with Gasteiger partial charge in [-0.3, -0.25) is 9.69 Å². The second-order valence-electron chi connectivity index (χ2n) is 7.97. The van der Waals surface area contributed by atoms with E-state index in [0.29, 0.717) is 43.3 Å². The van der Waals surface area contributed by atoms with Gasteiger partial charge in [0.1, 0.15) is 17.6 Å². The first-order valence-electron chi connectivity index (χ1n) is 11.1. The minimum Gasteiger partial charge on any atom is -0.496 e. The third-order valence-electron chi connectivity index (χ3n) is 6.15. The van der Waals surface area contributed by atoms with Crippen LogP contribution in [0.2, 0.25) is 0 Å². The standard InChI is InChI=1S/C25H31FN4O2/c1-4-18(5-2)25(31)28-19-10-11-22(21(26)16-19)29-12-14-30(15-13-29)23(17-27)20-8-6-7-9-24(20)32-3/h6-11,16,18,23H,4-5,12-15H2,1-3H3,(H,28,31). The summed E-state index contributed by atoms with van der Waals surface area (Å²) in [4.78, 5) is 16.4. The molecule has 2 aromatic rings. The summed E-state index contributed by atoms with van der Waals surface area (Å²) < 4.78 is 20.3. The number of hydrogen-bond acceptors (Lipinski definition) is 5. The van der Waals surface area contributed by atoms with E-state index in [0.717, 1.165) is 18.4 Å². The maximum Gasteiger partial charge on any atom is 0.227 e. The molecule has 1 unspecified atom stereocenters. The first kappa shape index (κ1) is 23.6. The number of piperazine rings is 1. The van der Waals surface area contributed by atoms with Crippen LogP contribution < -0.4 is 15.0 Å². The molecule has 0 saturated carbocycles. The molecule has 32 heavy (non-hydrogen) atoms. The van der Waals surface area contributed by atoms with Gasteiger partial charge < -0.3 is 15.0 Å². The highest BCUT2D eigenvalue weighted by molar-refractivity contribution is 5.92. The van der Waals surface area contributed by atoms with Crippen LogP contribution in [0.25, 0.3) is 0 Å². The average Bonchev–Trinajstić information content (AvgIpc) is 2.81. The van der Waals surface area contributed by atoms with E-state index >= 15 is 0 Å². The van der Waals surface area contributed by atoms with Gasteiger partial charge in [0, 0.05) is 43.3 Å². The van der Waals surface area contributed by atoms with Crippen molar-refractivity contribution in [3.8, 4) is 11.8 Å². The summed E-state index contributed by atoms with van der Waals surface area (Å²) in [5.74, 6) is 0.192. The van der Waals surface area contributed by atoms with Crippen molar-refractivity contribution in [3.63, 3.8) is 0 Å². The van der Waals surface area contributed by atoms with Gasteiger partial charge in [-0.2, -0.15) is 5.26 Å². The molecular weight excluding hydrogens is 407 g/mol. The van der Waals surface area contributed by atoms with Gasteiger partial charge in [-0.25, -0.2) is 4.39 Å². The summed E-state index contributed by atoms with van der Waals surface area (Å²) in [6, 6.07) is 14.4. The first-order valence-corrected chi connectivity index (χ1v) is 11.1. The highest BCUT2D eigenvalue weighted by atomic mass is 19.1. The van der Waals surface area contributed by atoms with Gasteiger partial charge in [-0.1, -0.05) is 32.0 Å². The lowest BCUT2D eigenvalue weighted by Crippen LogP contribution is -2.47. The van der Waals surface area contributed by atoms with Crippen LogP contribution in [-0.2, 0) is 4.79 Å². The third kappa shape index (κ3) is 5.20. The number of ether oxygens (including phenoxy) is 1. The number of anilines is 2. The SMILES string of the molecule is CCC(CC)C(=O)Nc1ccc(N2CCN(C(C#N)c3ccccc3OC)CC2)c(F)c1. The van der Waals surface area contributed by atoms with Gasteiger partial charge in [0.05, 0.1) is 18.9 Å². The number of nitrogens with one attached hydrogen (secondary N) is 1. The Labute approximate surface area is 189 Å². The van der Waals surface area contributed by atoms with Crippen molar-refractivity contribution in [2.75, 3.05) is 43.5 Å². The molecule has 1 saturated heterocycles. The molecular formula is C25H31FN4O2. The van der Waals surface area contributed by atoms with Crippen molar-refractivity contribution in [3.05, 3.63) is 53.8 Å². The predicted molar refractivity (Wildman–Crippen MR) is 124 cm³/mol. The topological polar surface area (TPSA) is 68.6 Å². The summed E-state index contributed by atoms with van der Waals surface area (Å²) in [7, 11) is 1.60. The number of carbonyl (C=O) groups excluding carboxylic acids is 1. The van der Waals surface area contributed by atoms with E-state index in [-0.39, 0.29) is 17.6 Å². The zero-order valence-electron chi connectivity index (χ0n) is 19.0. The van der Waals surface area contributed by atoms with Crippen LogP contribution in [0.4, 0.5) is 15.8 Å². The van der Waals surface area contributed by atoms with Crippen LogP contribution in [0.15, 0.2) is 42.5 Å². The van der Waals surface area contributed by atoms with Gasteiger partial charge in [0.15, 0.2) is 0 Å². The average molecular weight is 439 g/mol. The van der Waals surface area contributed by atoms with E-state index in [9.17, 15) is 14.4 Å². The normalized spacial score (nSPS) is 15.3. The predicted octanol–water partition coefficient (Wildman–Crippen LogP) is 4.60. The molecule has 0 aliphatic carbocycles. The van der Waals surface area contributed by atoms with Gasteiger partial charge in [0.2, 0.25) is 5.91 Å². The quantitative estimate of drug-likeness (QED) is 0.653. The Morgan fingerprint density at radius 1 is 1.16 bits per heavy atom. The maximum absolute atomic E-state index is 14.9. The highest BCUT2D eigenvalue weighted by Gasteiger charge is 2.28. The van der Waals surface area contributed by atoms with Crippen molar-refractivity contribution in [1.82, 2.24) is 4.90 Å². The van der Waals surface area contributed by atoms with Crippen LogP contribution in [-0.4, -0.2) is 44.1 Å². The van der Waals surface area contributed by atoms with Crippen LogP contribution in [0, 0.1) is 23.1 Å². The van der Waals surface area contributed by atoms with Crippen LogP contribution >= 0.6 is 0 Å². The number of halogens is 1. The molecule has 1 aliphatic heterocycles. The number of nitriles is 1. The summed E-state index contributed by atoms with van der Waals surface area (Å²) in [6.45, 7) is 6.41. The molecule has 6 nitrogen and oxygen atoms in total. The molecule has 1 fully saturated rings. The Morgan fingerprint density at radius 2 is 1.84 bits per heavy atom. The number of methoxy groups -OCH3 is 1. The lowest BCUT2D eigenvalue weighted by atomic mass is 10.0. The molecule has 1 atom stereocenters. The van der Waals surface area contributed by atoms with Crippen LogP contribution in [0.3, 0.4) is 0 Å². The van der Waals surface area contributed by atoms with Gasteiger partial charge in [0.25, 0.3) is 0 Å². The molecule has 1 heterocycles. The molecule has 1 aliphatic rings. The van der Waals surface area contributed by atoms with Gasteiger partial charge in [-0.15, -0.1) is 0 Å². The fourth-order valence-electron chi connectivity index (χ4n) is 4.21. The fourth-order valence-corrected chi connectivity index (χ4v) is 4.21. The minimum atomic E-state index is -0.416. The Hall–Kier alpha value is -3.11. The number of amides is 1. The largest absolute Gasteiger partial charge is 0.496 e. The lowest BCUT2D eigenvalue weighted by Gasteiger charge is -2.38. The molecule has 7 heteroatoms. The monoisotopic (exact) mass is 438 g/mol. The fraction of sp³-hybridized carbons (Fsp3) is 0.440. The van der Waals surface area contributed by atoms with E-state index in [1.807, 2.05) is 43.0 Å². The zero-order valence-corrected chi connectivity index (χ0v) is 19.0. The second-order valence-corrected chi connectivity index (χ2v) is 7.97. The molecule has 1 amide bonds. The van der Waals surface area contributed by atoms with Crippen molar-refractivity contribution < 1.29 is 13.9 Å². The third-order valence-corrected chi connectivity index (χ3v) is 6.15. The molecule has 0 aromatic heterocycles. The van der Waals surface area contributed by atoms with Gasteiger partial charge in [-0.05, 0) is 37.1 Å². The maximum atomic E-state index is 14.9. The number of carbonyl (C=O) groups is 1. The Balaban J connectivity index is 1.66. The van der Waals surface area contributed by atoms with Crippen molar-refractivity contribution in [1.29, 1.82) is 5.26 Å². The molecule has 0 bridgehead atoms. The number of nitrogens with zero attached hydrogens (tertiary/aromatic N) is 3. The van der Waals surface area contributed by atoms with E-state index in [4.69, 9.17) is 4.74 Å². The summed E-state index contributed by atoms with van der Waals surface area (Å²) >= 11 is 0. The molecule has 2 aromatic carbocycles. The summed E-state index contributed by atoms with van der Waals surface area (Å²) in [5, 5.41) is 12.6. The van der Waals surface area contributed by atoms with E-state index in [2.05, 4.69) is 16.3 Å². The highest BCUT2D eigenvalue weighted by Crippen LogP contribution is 2.31. The molecule has 3 rings (SSSR count). The van der Waals surface area contributed by atoms with Crippen molar-refractivity contribution in [2.24, 2.45) is 5.92 Å². The van der Waals surface area contributed by atoms with Crippen molar-refractivity contribution >= 4 is 17.3 Å². The Kier molecular flexibility index (Phi) is 8.07. The molecule has 170 valence electrons. The first-order chi connectivity index (χ1) is 15.5. The van der Waals surface area contributed by atoms with E-state index in [1.165, 1.54) is 6.07 Å². The number of benzene rings is 2. The minimum absolute atomic E-state index is 0.0675. The van der Waals surface area contributed by atoms with E-state index in [1.54, 1.807) is 19.2 Å². The summed E-state index contributed by atoms with van der Waals surface area (Å²) in [6.07, 6.45) is 1.51. The Morgan fingerprint density at radius 3 is 2.44 bits per heavy atom. The zero-order chi connectivity index (χ0) is 23.1. The molecule has 0 spiro atoms.